The molecule has 3 rings (SSSR count). The highest BCUT2D eigenvalue weighted by atomic mass is 32.1. The zero-order valence-electron chi connectivity index (χ0n) is 12.1. The van der Waals surface area contributed by atoms with E-state index in [1.165, 1.54) is 10.4 Å². The van der Waals surface area contributed by atoms with Gasteiger partial charge in [0.1, 0.15) is 5.01 Å². The second-order valence-electron chi connectivity index (χ2n) is 4.87. The molecule has 110 valence electrons. The summed E-state index contributed by atoms with van der Waals surface area (Å²) in [5.41, 5.74) is 2.36. The normalized spacial score (nSPS) is 11.3. The molecule has 0 radical (unpaired) electrons. The molecule has 3 aromatic rings. The average molecular weight is 301 g/mol. The minimum absolute atomic E-state index is 0.735. The van der Waals surface area contributed by atoms with Crippen molar-refractivity contribution in [1.29, 1.82) is 0 Å². The maximum absolute atomic E-state index is 5.04. The summed E-state index contributed by atoms with van der Waals surface area (Å²) in [7, 11) is 1.72. The van der Waals surface area contributed by atoms with Gasteiger partial charge >= 0.3 is 0 Å². The lowest BCUT2D eigenvalue weighted by Crippen LogP contribution is -2.20. The first kappa shape index (κ1) is 14.3. The van der Waals surface area contributed by atoms with Gasteiger partial charge in [0.15, 0.2) is 0 Å². The minimum Gasteiger partial charge on any atom is -0.383 e. The van der Waals surface area contributed by atoms with E-state index in [0.29, 0.717) is 0 Å². The van der Waals surface area contributed by atoms with Crippen molar-refractivity contribution in [2.45, 2.75) is 13.1 Å². The summed E-state index contributed by atoms with van der Waals surface area (Å²) in [5.74, 6) is 0. The lowest BCUT2D eigenvalue weighted by Gasteiger charge is -2.08. The molecule has 0 unspecified atom stereocenters. The van der Waals surface area contributed by atoms with Crippen LogP contribution >= 0.6 is 11.3 Å². The second kappa shape index (κ2) is 6.85. The molecule has 4 nitrogen and oxygen atoms in total. The van der Waals surface area contributed by atoms with Crippen molar-refractivity contribution in [3.63, 3.8) is 0 Å². The third-order valence-corrected chi connectivity index (χ3v) is 4.38. The van der Waals surface area contributed by atoms with Crippen molar-refractivity contribution in [2.24, 2.45) is 0 Å². The molecule has 0 fully saturated rings. The Hall–Kier alpha value is -1.69. The van der Waals surface area contributed by atoms with Crippen molar-refractivity contribution >= 4 is 21.6 Å². The highest BCUT2D eigenvalue weighted by Gasteiger charge is 2.06. The summed E-state index contributed by atoms with van der Waals surface area (Å²) >= 11 is 1.76. The Bertz CT molecular complexity index is 671. The SMILES string of the molecule is COCCNCc1cccn1Cc1nc2ccccc2s1. The Balaban J connectivity index is 1.68. The molecule has 0 aliphatic carbocycles. The molecule has 0 spiro atoms. The first-order chi connectivity index (χ1) is 10.4. The largest absolute Gasteiger partial charge is 0.383 e. The molecule has 0 aliphatic rings. The third-order valence-electron chi connectivity index (χ3n) is 3.36. The maximum atomic E-state index is 5.04. The molecule has 0 amide bonds. The van der Waals surface area contributed by atoms with Gasteiger partial charge in [-0.05, 0) is 24.3 Å². The summed E-state index contributed by atoms with van der Waals surface area (Å²) in [5, 5.41) is 4.52. The smallest absolute Gasteiger partial charge is 0.114 e. The van der Waals surface area contributed by atoms with Gasteiger partial charge in [0.25, 0.3) is 0 Å². The summed E-state index contributed by atoms with van der Waals surface area (Å²) in [6, 6.07) is 12.5. The van der Waals surface area contributed by atoms with E-state index in [9.17, 15) is 0 Å². The number of ether oxygens (including phenoxy) is 1. The van der Waals surface area contributed by atoms with Crippen LogP contribution in [0, 0.1) is 0 Å². The van der Waals surface area contributed by atoms with Gasteiger partial charge in [-0.1, -0.05) is 12.1 Å². The number of nitrogens with one attached hydrogen (secondary N) is 1. The lowest BCUT2D eigenvalue weighted by atomic mass is 10.3. The summed E-state index contributed by atoms with van der Waals surface area (Å²) in [6.07, 6.45) is 2.11. The predicted octanol–water partition coefficient (Wildman–Crippen LogP) is 2.88. The van der Waals surface area contributed by atoms with Gasteiger partial charge in [-0.2, -0.15) is 0 Å². The predicted molar refractivity (Wildman–Crippen MR) is 86.7 cm³/mol. The van der Waals surface area contributed by atoms with E-state index in [-0.39, 0.29) is 0 Å². The Morgan fingerprint density at radius 2 is 2.14 bits per heavy atom. The number of hydrogen-bond donors (Lipinski definition) is 1. The zero-order valence-corrected chi connectivity index (χ0v) is 12.9. The van der Waals surface area contributed by atoms with Gasteiger partial charge in [-0.3, -0.25) is 0 Å². The van der Waals surface area contributed by atoms with Gasteiger partial charge in [-0.25, -0.2) is 4.98 Å². The number of hydrogen-bond acceptors (Lipinski definition) is 4. The van der Waals surface area contributed by atoms with Crippen LogP contribution in [0.1, 0.15) is 10.7 Å². The van der Waals surface area contributed by atoms with Crippen molar-refractivity contribution in [3.8, 4) is 0 Å². The minimum atomic E-state index is 0.735. The molecule has 5 heteroatoms. The number of para-hydroxylation sites is 1. The number of aromatic nitrogens is 2. The van der Waals surface area contributed by atoms with Crippen molar-refractivity contribution in [2.75, 3.05) is 20.3 Å². The van der Waals surface area contributed by atoms with Crippen LogP contribution in [0.25, 0.3) is 10.2 Å². The Morgan fingerprint density at radius 3 is 3.00 bits per heavy atom. The van der Waals surface area contributed by atoms with Crippen LogP contribution in [0.3, 0.4) is 0 Å². The van der Waals surface area contributed by atoms with E-state index >= 15 is 0 Å². The highest BCUT2D eigenvalue weighted by Crippen LogP contribution is 2.22. The molecule has 0 bridgehead atoms. The molecule has 0 aliphatic heterocycles. The first-order valence-corrected chi connectivity index (χ1v) is 7.86. The lowest BCUT2D eigenvalue weighted by molar-refractivity contribution is 0.199. The van der Waals surface area contributed by atoms with Crippen molar-refractivity contribution < 1.29 is 4.74 Å². The van der Waals surface area contributed by atoms with Crippen LogP contribution in [0.4, 0.5) is 0 Å². The number of thiazole rings is 1. The first-order valence-electron chi connectivity index (χ1n) is 7.05. The summed E-state index contributed by atoms with van der Waals surface area (Å²) in [4.78, 5) is 4.70. The number of rotatable bonds is 7. The average Bonchev–Trinajstić information content (AvgIpc) is 3.10. The number of methoxy groups -OCH3 is 1. The van der Waals surface area contributed by atoms with Crippen LogP contribution in [0.5, 0.6) is 0 Å². The van der Waals surface area contributed by atoms with E-state index in [4.69, 9.17) is 9.72 Å². The fourth-order valence-corrected chi connectivity index (χ4v) is 3.25. The fourth-order valence-electron chi connectivity index (χ4n) is 2.29. The van der Waals surface area contributed by atoms with Crippen molar-refractivity contribution in [1.82, 2.24) is 14.9 Å². The van der Waals surface area contributed by atoms with Gasteiger partial charge in [0.2, 0.25) is 0 Å². The zero-order chi connectivity index (χ0) is 14.5. The van der Waals surface area contributed by atoms with Gasteiger partial charge in [0, 0.05) is 32.1 Å². The Morgan fingerprint density at radius 1 is 1.24 bits per heavy atom. The van der Waals surface area contributed by atoms with Gasteiger partial charge in [-0.15, -0.1) is 11.3 Å². The van der Waals surface area contributed by atoms with E-state index in [1.54, 1.807) is 18.4 Å². The molecule has 21 heavy (non-hydrogen) atoms. The van der Waals surface area contributed by atoms with E-state index < -0.39 is 0 Å². The van der Waals surface area contributed by atoms with E-state index in [0.717, 1.165) is 36.8 Å². The van der Waals surface area contributed by atoms with Crippen molar-refractivity contribution in [3.05, 3.63) is 53.3 Å². The Labute approximate surface area is 128 Å². The molecule has 2 aromatic heterocycles. The van der Waals surface area contributed by atoms with Gasteiger partial charge < -0.3 is 14.6 Å². The molecule has 2 heterocycles. The summed E-state index contributed by atoms with van der Waals surface area (Å²) in [6.45, 7) is 3.27. The van der Waals surface area contributed by atoms with Crippen LogP contribution in [-0.2, 0) is 17.8 Å². The maximum Gasteiger partial charge on any atom is 0.114 e. The van der Waals surface area contributed by atoms with Gasteiger partial charge in [0.05, 0.1) is 23.4 Å². The monoisotopic (exact) mass is 301 g/mol. The quantitative estimate of drug-likeness (QED) is 0.682. The second-order valence-corrected chi connectivity index (χ2v) is 5.99. The summed E-state index contributed by atoms with van der Waals surface area (Å²) < 4.78 is 8.54. The standard InChI is InChI=1S/C16H19N3OS/c1-20-10-8-17-11-13-5-4-9-19(13)12-16-18-14-6-2-3-7-15(14)21-16/h2-7,9,17H,8,10-12H2,1H3. The molecule has 0 saturated heterocycles. The van der Waals surface area contributed by atoms with E-state index in [1.807, 2.05) is 6.07 Å². The number of benzene rings is 1. The fraction of sp³-hybridized carbons (Fsp3) is 0.312. The van der Waals surface area contributed by atoms with Crippen LogP contribution in [0.2, 0.25) is 0 Å². The molecule has 1 aromatic carbocycles. The van der Waals surface area contributed by atoms with Crippen LogP contribution in [-0.4, -0.2) is 29.8 Å². The molecular weight excluding hydrogens is 282 g/mol. The topological polar surface area (TPSA) is 39.1 Å². The van der Waals surface area contributed by atoms with Crippen LogP contribution in [0.15, 0.2) is 42.6 Å². The molecule has 0 atom stereocenters. The number of fused-ring (bicyclic) bond motifs is 1. The molecular formula is C16H19N3OS. The number of nitrogens with zero attached hydrogens (tertiary/aromatic N) is 2. The van der Waals surface area contributed by atoms with E-state index in [2.05, 4.69) is 46.4 Å². The Kier molecular flexibility index (Phi) is 4.65. The van der Waals surface area contributed by atoms with Crippen LogP contribution < -0.4 is 5.32 Å². The molecule has 1 N–H and O–H groups in total. The third kappa shape index (κ3) is 3.50. The highest BCUT2D eigenvalue weighted by molar-refractivity contribution is 7.18. The molecule has 0 saturated carbocycles.